The lowest BCUT2D eigenvalue weighted by Crippen LogP contribution is -2.61. The van der Waals surface area contributed by atoms with Gasteiger partial charge in [-0.3, -0.25) is 24.0 Å². The standard InChI is InChI=1S/C34H57N5O6S.C4H10.C2H6/c1-12-20(6)18-23(26(40)30(35)42)36-31(43)24-16-15-17-39(24)32(44)29(34(9,10)11)38-33(45)37-25(19(4)5)27(41)28(21(7)13-2)46-22(8)14-3;1-4(2)3;1-2/h19-20,23-25,29H,8,12-18H2,1-7,9-11H3,(H2,35,42)(H,36,43)(H2,37,38,45);4H,1-3H3;1-2H3/b28-21+;;. The van der Waals surface area contributed by atoms with Crippen molar-refractivity contribution in [1.82, 2.24) is 20.9 Å². The molecule has 5 N–H and O–H groups in total. The molecule has 5 atom stereocenters. The number of likely N-dealkylation sites (tertiary alicyclic amines) is 1. The van der Waals surface area contributed by atoms with Crippen molar-refractivity contribution in [2.45, 2.75) is 167 Å². The second-order valence-corrected chi connectivity index (χ2v) is 16.6. The van der Waals surface area contributed by atoms with Crippen molar-refractivity contribution in [3.8, 4) is 0 Å². The van der Waals surface area contributed by atoms with Crippen LogP contribution in [-0.4, -0.2) is 70.9 Å². The summed E-state index contributed by atoms with van der Waals surface area (Å²) in [6.45, 7) is 33.6. The first-order valence-electron chi connectivity index (χ1n) is 19.1. The number of primary amides is 1. The number of Topliss-reactive ketones (excluding diaryl/α,β-unsaturated/α-hetero) is 2. The number of thioether (sulfide) groups is 1. The van der Waals surface area contributed by atoms with E-state index in [0.29, 0.717) is 30.6 Å². The predicted octanol–water partition coefficient (Wildman–Crippen LogP) is 7.29. The largest absolute Gasteiger partial charge is 0.363 e. The van der Waals surface area contributed by atoms with Crippen molar-refractivity contribution in [1.29, 1.82) is 0 Å². The average molecular weight is 752 g/mol. The molecule has 0 aromatic rings. The molecule has 1 aliphatic rings. The van der Waals surface area contributed by atoms with Gasteiger partial charge in [0.25, 0.3) is 5.91 Å². The number of carbonyl (C=O) groups is 6. The van der Waals surface area contributed by atoms with Gasteiger partial charge in [0.15, 0.2) is 5.78 Å². The van der Waals surface area contributed by atoms with Crippen molar-refractivity contribution in [2.75, 3.05) is 6.54 Å². The maximum atomic E-state index is 14.0. The molecule has 1 saturated heterocycles. The Balaban J connectivity index is 0. The van der Waals surface area contributed by atoms with Crippen molar-refractivity contribution >= 4 is 47.1 Å². The molecule has 0 aromatic heterocycles. The van der Waals surface area contributed by atoms with Gasteiger partial charge in [0.1, 0.15) is 12.1 Å². The maximum Gasteiger partial charge on any atom is 0.316 e. The van der Waals surface area contributed by atoms with Crippen LogP contribution in [0.4, 0.5) is 4.79 Å². The molecule has 0 saturated carbocycles. The summed E-state index contributed by atoms with van der Waals surface area (Å²) in [7, 11) is 0. The Morgan fingerprint density at radius 2 is 1.42 bits per heavy atom. The molecular weight excluding hydrogens is 679 g/mol. The van der Waals surface area contributed by atoms with Crippen LogP contribution in [-0.2, 0) is 24.0 Å². The van der Waals surface area contributed by atoms with Crippen LogP contribution >= 0.6 is 11.8 Å². The summed E-state index contributed by atoms with van der Waals surface area (Å²) in [5.41, 5.74) is 5.40. The van der Waals surface area contributed by atoms with Crippen molar-refractivity contribution < 1.29 is 28.8 Å². The minimum atomic E-state index is -1.13. The predicted molar refractivity (Wildman–Crippen MR) is 215 cm³/mol. The smallest absolute Gasteiger partial charge is 0.316 e. The van der Waals surface area contributed by atoms with E-state index in [1.807, 2.05) is 62.3 Å². The molecule has 1 fully saturated rings. The Bertz CT molecular complexity index is 1240. The van der Waals surface area contributed by atoms with E-state index in [0.717, 1.165) is 22.8 Å². The Hall–Kier alpha value is -3.15. The third kappa shape index (κ3) is 17.6. The monoisotopic (exact) mass is 752 g/mol. The Kier molecular flexibility index (Phi) is 24.5. The number of allylic oxidation sites excluding steroid dienone is 2. The van der Waals surface area contributed by atoms with Crippen LogP contribution in [0.2, 0.25) is 0 Å². The molecule has 300 valence electrons. The normalized spacial score (nSPS) is 16.9. The highest BCUT2D eigenvalue weighted by molar-refractivity contribution is 8.07. The first-order valence-corrected chi connectivity index (χ1v) is 20.0. The van der Waals surface area contributed by atoms with Crippen molar-refractivity contribution in [2.24, 2.45) is 28.9 Å². The van der Waals surface area contributed by atoms with Crippen LogP contribution in [0.5, 0.6) is 0 Å². The lowest BCUT2D eigenvalue weighted by atomic mass is 9.85. The van der Waals surface area contributed by atoms with Gasteiger partial charge >= 0.3 is 6.03 Å². The van der Waals surface area contributed by atoms with E-state index in [1.165, 1.54) is 16.7 Å². The third-order valence-corrected chi connectivity index (χ3v) is 9.79. The van der Waals surface area contributed by atoms with Gasteiger partial charge in [0.05, 0.1) is 17.0 Å². The molecule has 0 aliphatic carbocycles. The number of amides is 5. The molecule has 5 unspecified atom stereocenters. The molecule has 0 bridgehead atoms. The van der Waals surface area contributed by atoms with Crippen LogP contribution in [0.3, 0.4) is 0 Å². The second kappa shape index (κ2) is 25.0. The maximum absolute atomic E-state index is 14.0. The molecule has 0 spiro atoms. The van der Waals surface area contributed by atoms with E-state index >= 15 is 0 Å². The highest BCUT2D eigenvalue weighted by Gasteiger charge is 2.43. The first kappa shape index (κ1) is 51.0. The highest BCUT2D eigenvalue weighted by atomic mass is 32.2. The van der Waals surface area contributed by atoms with Gasteiger partial charge < -0.3 is 26.6 Å². The van der Waals surface area contributed by atoms with Gasteiger partial charge in [-0.25, -0.2) is 4.79 Å². The zero-order valence-electron chi connectivity index (χ0n) is 35.1. The van der Waals surface area contributed by atoms with E-state index < -0.39 is 59.1 Å². The Morgan fingerprint density at radius 1 is 0.885 bits per heavy atom. The third-order valence-electron chi connectivity index (χ3n) is 8.46. The molecule has 1 aliphatic heterocycles. The molecule has 12 heteroatoms. The number of hydrogen-bond donors (Lipinski definition) is 4. The van der Waals surface area contributed by atoms with E-state index in [4.69, 9.17) is 5.73 Å². The van der Waals surface area contributed by atoms with Gasteiger partial charge in [-0.2, -0.15) is 0 Å². The van der Waals surface area contributed by atoms with E-state index in [1.54, 1.807) is 20.8 Å². The molecule has 52 heavy (non-hydrogen) atoms. The molecule has 1 rings (SSSR count). The van der Waals surface area contributed by atoms with Gasteiger partial charge in [0.2, 0.25) is 17.6 Å². The summed E-state index contributed by atoms with van der Waals surface area (Å²) in [5, 5.41) is 8.28. The van der Waals surface area contributed by atoms with E-state index in [9.17, 15) is 28.8 Å². The highest BCUT2D eigenvalue weighted by Crippen LogP contribution is 2.32. The second-order valence-electron chi connectivity index (χ2n) is 15.4. The van der Waals surface area contributed by atoms with Gasteiger partial charge in [0, 0.05) is 6.54 Å². The summed E-state index contributed by atoms with van der Waals surface area (Å²) in [4.78, 5) is 81.7. The zero-order chi connectivity index (χ0) is 41.1. The van der Waals surface area contributed by atoms with Gasteiger partial charge in [-0.15, -0.1) is 0 Å². The number of nitrogens with two attached hydrogens (primary N) is 1. The van der Waals surface area contributed by atoms with Gasteiger partial charge in [-0.05, 0) is 67.1 Å². The quantitative estimate of drug-likeness (QED) is 0.0894. The fourth-order valence-electron chi connectivity index (χ4n) is 5.07. The summed E-state index contributed by atoms with van der Waals surface area (Å²) < 4.78 is 0. The van der Waals surface area contributed by atoms with Crippen molar-refractivity contribution in [3.05, 3.63) is 22.0 Å². The SMILES string of the molecule is C=C(CC)S/C(C(=O)C(NC(=O)NC(C(=O)N1CCCC1C(=O)NC(CC(C)CC)C(=O)C(N)=O)C(C)(C)C)C(C)C)=C(\C)CC.CC.CC(C)C. The molecule has 5 amide bonds. The lowest BCUT2D eigenvalue weighted by Gasteiger charge is -2.36. The average Bonchev–Trinajstić information content (AvgIpc) is 3.57. The van der Waals surface area contributed by atoms with Crippen LogP contribution in [0.25, 0.3) is 0 Å². The summed E-state index contributed by atoms with van der Waals surface area (Å²) in [6, 6.07) is -4.53. The van der Waals surface area contributed by atoms with Crippen LogP contribution in [0.15, 0.2) is 22.0 Å². The van der Waals surface area contributed by atoms with E-state index in [2.05, 4.69) is 43.3 Å². The number of rotatable bonds is 17. The minimum Gasteiger partial charge on any atom is -0.363 e. The summed E-state index contributed by atoms with van der Waals surface area (Å²) >= 11 is 1.33. The number of nitrogens with zero attached hydrogens (tertiary/aromatic N) is 1. The number of urea groups is 1. The Labute approximate surface area is 319 Å². The topological polar surface area (TPSA) is 168 Å². The first-order chi connectivity index (χ1) is 24.0. The fraction of sp³-hybridized carbons (Fsp3) is 0.750. The fourth-order valence-corrected chi connectivity index (χ4v) is 6.05. The van der Waals surface area contributed by atoms with Crippen LogP contribution in [0.1, 0.15) is 142 Å². The molecule has 11 nitrogen and oxygen atoms in total. The number of ketones is 2. The summed E-state index contributed by atoms with van der Waals surface area (Å²) in [6.07, 6.45) is 3.25. The lowest BCUT2D eigenvalue weighted by molar-refractivity contribution is -0.143. The number of carbonyl (C=O) groups excluding carboxylic acids is 6. The van der Waals surface area contributed by atoms with E-state index in [-0.39, 0.29) is 30.6 Å². The van der Waals surface area contributed by atoms with Crippen LogP contribution < -0.4 is 21.7 Å². The molecule has 0 radical (unpaired) electrons. The van der Waals surface area contributed by atoms with Crippen molar-refractivity contribution in [3.63, 3.8) is 0 Å². The van der Waals surface area contributed by atoms with Gasteiger partial charge in [-0.1, -0.05) is 127 Å². The Morgan fingerprint density at radius 3 is 1.85 bits per heavy atom. The van der Waals surface area contributed by atoms with Crippen LogP contribution in [0, 0.1) is 23.2 Å². The number of nitrogens with one attached hydrogen (secondary N) is 3. The number of hydrogen-bond acceptors (Lipinski definition) is 7. The summed E-state index contributed by atoms with van der Waals surface area (Å²) in [5.74, 6) is -2.58. The molecule has 0 aromatic carbocycles. The molecular formula is C40H73N5O6S. The molecule has 1 heterocycles. The minimum absolute atomic E-state index is 0.0472. The zero-order valence-corrected chi connectivity index (χ0v) is 35.9.